The number of hydrogen-bond acceptors (Lipinski definition) is 2. The number of hydrogen-bond donors (Lipinski definition) is 0. The Balaban J connectivity index is 2.02. The van der Waals surface area contributed by atoms with Crippen LogP contribution in [0.1, 0.15) is 33.1 Å². The van der Waals surface area contributed by atoms with Gasteiger partial charge in [0, 0.05) is 25.1 Å². The minimum Gasteiger partial charge on any atom is -0.321 e. The third-order valence-corrected chi connectivity index (χ3v) is 4.03. The normalized spacial score (nSPS) is 10.5. The molecule has 0 unspecified atom stereocenters. The molecule has 0 spiro atoms. The van der Waals surface area contributed by atoms with E-state index < -0.39 is 0 Å². The number of rotatable bonds is 7. The van der Waals surface area contributed by atoms with Gasteiger partial charge in [0.25, 0.3) is 0 Å². The van der Waals surface area contributed by atoms with Crippen LogP contribution in [0.25, 0.3) is 0 Å². The molecule has 0 saturated heterocycles. The molecule has 0 aliphatic carbocycles. The molecule has 3 heteroatoms. The highest BCUT2D eigenvalue weighted by atomic mass is 16.1. The number of carbonyl (C=O) groups excluding carboxylic acids is 1. The van der Waals surface area contributed by atoms with Crippen LogP contribution in [0.2, 0.25) is 0 Å². The van der Waals surface area contributed by atoms with Gasteiger partial charge in [-0.2, -0.15) is 0 Å². The molecule has 0 aliphatic heterocycles. The third-order valence-electron chi connectivity index (χ3n) is 4.03. The first-order valence-electron chi connectivity index (χ1n) is 8.04. The Labute approximate surface area is 142 Å². The van der Waals surface area contributed by atoms with Gasteiger partial charge in [0.15, 0.2) is 12.1 Å². The highest BCUT2D eigenvalue weighted by molar-refractivity contribution is 5.70. The molecular formula is C21H20N2O. The van der Waals surface area contributed by atoms with E-state index in [0.717, 1.165) is 24.1 Å². The Morgan fingerprint density at radius 2 is 1.50 bits per heavy atom. The van der Waals surface area contributed by atoms with E-state index in [1.807, 2.05) is 41.0 Å². The molecule has 3 rings (SSSR count). The van der Waals surface area contributed by atoms with Gasteiger partial charge in [0.2, 0.25) is 0 Å². The van der Waals surface area contributed by atoms with Crippen molar-refractivity contribution in [2.75, 3.05) is 0 Å². The molecule has 3 nitrogen and oxygen atoms in total. The highest BCUT2D eigenvalue weighted by Crippen LogP contribution is 2.19. The van der Waals surface area contributed by atoms with Gasteiger partial charge in [-0.3, -0.25) is 4.79 Å². The van der Waals surface area contributed by atoms with Crippen LogP contribution in [-0.4, -0.2) is 15.8 Å². The molecule has 0 atom stereocenters. The maximum absolute atomic E-state index is 11.5. The van der Waals surface area contributed by atoms with Crippen molar-refractivity contribution in [3.05, 3.63) is 102 Å². The Morgan fingerprint density at radius 3 is 2.04 bits per heavy atom. The van der Waals surface area contributed by atoms with Crippen LogP contribution in [-0.2, 0) is 19.4 Å². The largest absolute Gasteiger partial charge is 0.321 e. The lowest BCUT2D eigenvalue weighted by atomic mass is 10.0. The standard InChI is InChI=1S/C21H20N2O/c1-2-13-23-20(15-18-11-7-4-8-12-18)19(22-21(23)16-24)14-17-9-5-3-6-10-17/h2-12,16H,1,13-15H2. The lowest BCUT2D eigenvalue weighted by Crippen LogP contribution is -2.07. The molecule has 120 valence electrons. The van der Waals surface area contributed by atoms with Crippen LogP contribution in [0.15, 0.2) is 73.3 Å². The molecule has 0 N–H and O–H groups in total. The Hall–Kier alpha value is -2.94. The zero-order chi connectivity index (χ0) is 16.8. The van der Waals surface area contributed by atoms with Gasteiger partial charge in [-0.15, -0.1) is 6.58 Å². The first kappa shape index (κ1) is 15.9. The minimum absolute atomic E-state index is 0.465. The van der Waals surface area contributed by atoms with Crippen molar-refractivity contribution >= 4 is 6.29 Å². The first-order valence-corrected chi connectivity index (χ1v) is 8.04. The smallest absolute Gasteiger partial charge is 0.185 e. The van der Waals surface area contributed by atoms with Crippen molar-refractivity contribution < 1.29 is 4.79 Å². The second-order valence-corrected chi connectivity index (χ2v) is 5.71. The van der Waals surface area contributed by atoms with E-state index in [2.05, 4.69) is 35.8 Å². The lowest BCUT2D eigenvalue weighted by molar-refractivity contribution is 0.111. The maximum atomic E-state index is 11.5. The van der Waals surface area contributed by atoms with Crippen LogP contribution in [0.5, 0.6) is 0 Å². The van der Waals surface area contributed by atoms with Crippen molar-refractivity contribution in [2.24, 2.45) is 0 Å². The molecule has 1 aromatic heterocycles. The van der Waals surface area contributed by atoms with E-state index in [-0.39, 0.29) is 0 Å². The van der Waals surface area contributed by atoms with Crippen LogP contribution >= 0.6 is 0 Å². The van der Waals surface area contributed by atoms with Crippen LogP contribution in [0.4, 0.5) is 0 Å². The predicted octanol–water partition coefficient (Wildman–Crippen LogP) is 4.06. The van der Waals surface area contributed by atoms with E-state index in [0.29, 0.717) is 18.8 Å². The van der Waals surface area contributed by atoms with Gasteiger partial charge in [-0.1, -0.05) is 66.7 Å². The summed E-state index contributed by atoms with van der Waals surface area (Å²) < 4.78 is 1.96. The second kappa shape index (κ2) is 7.55. The molecule has 3 aromatic rings. The van der Waals surface area contributed by atoms with E-state index in [4.69, 9.17) is 0 Å². The Bertz CT molecular complexity index is 820. The number of imidazole rings is 1. The van der Waals surface area contributed by atoms with E-state index in [9.17, 15) is 4.79 Å². The second-order valence-electron chi connectivity index (χ2n) is 5.71. The fourth-order valence-electron chi connectivity index (χ4n) is 2.90. The summed E-state index contributed by atoms with van der Waals surface area (Å²) in [5.74, 6) is 0.465. The quantitative estimate of drug-likeness (QED) is 0.486. The van der Waals surface area contributed by atoms with Gasteiger partial charge in [-0.05, 0) is 11.1 Å². The molecule has 24 heavy (non-hydrogen) atoms. The number of allylic oxidation sites excluding steroid dienone is 1. The van der Waals surface area contributed by atoms with Crippen molar-refractivity contribution in [3.63, 3.8) is 0 Å². The molecule has 0 fully saturated rings. The Kier molecular flexibility index (Phi) is 5.02. The predicted molar refractivity (Wildman–Crippen MR) is 96.3 cm³/mol. The van der Waals surface area contributed by atoms with Gasteiger partial charge in [0.05, 0.1) is 5.69 Å². The van der Waals surface area contributed by atoms with Gasteiger partial charge >= 0.3 is 0 Å². The van der Waals surface area contributed by atoms with Gasteiger partial charge in [-0.25, -0.2) is 4.98 Å². The van der Waals surface area contributed by atoms with Crippen molar-refractivity contribution in [2.45, 2.75) is 19.4 Å². The minimum atomic E-state index is 0.465. The number of benzene rings is 2. The van der Waals surface area contributed by atoms with Gasteiger partial charge in [0.1, 0.15) is 0 Å². The first-order chi connectivity index (χ1) is 11.8. The number of nitrogens with zero attached hydrogens (tertiary/aromatic N) is 2. The molecule has 2 aromatic carbocycles. The summed E-state index contributed by atoms with van der Waals surface area (Å²) >= 11 is 0. The van der Waals surface area contributed by atoms with Crippen molar-refractivity contribution in [3.8, 4) is 0 Å². The summed E-state index contributed by atoms with van der Waals surface area (Å²) in [6, 6.07) is 20.5. The summed E-state index contributed by atoms with van der Waals surface area (Å²) in [4.78, 5) is 16.0. The Morgan fingerprint density at radius 1 is 0.917 bits per heavy atom. The maximum Gasteiger partial charge on any atom is 0.185 e. The molecule has 0 radical (unpaired) electrons. The van der Waals surface area contributed by atoms with E-state index >= 15 is 0 Å². The zero-order valence-electron chi connectivity index (χ0n) is 13.6. The molecular weight excluding hydrogens is 296 g/mol. The lowest BCUT2D eigenvalue weighted by Gasteiger charge is -2.10. The van der Waals surface area contributed by atoms with Crippen molar-refractivity contribution in [1.29, 1.82) is 0 Å². The summed E-state index contributed by atoms with van der Waals surface area (Å²) in [5, 5.41) is 0. The molecule has 0 aliphatic rings. The van der Waals surface area contributed by atoms with Gasteiger partial charge < -0.3 is 4.57 Å². The van der Waals surface area contributed by atoms with E-state index in [1.165, 1.54) is 11.1 Å². The summed E-state index contributed by atoms with van der Waals surface area (Å²) in [5.41, 5.74) is 4.42. The highest BCUT2D eigenvalue weighted by Gasteiger charge is 2.16. The third kappa shape index (κ3) is 3.51. The molecule has 0 saturated carbocycles. The molecule has 0 amide bonds. The average Bonchev–Trinajstić information content (AvgIpc) is 2.94. The van der Waals surface area contributed by atoms with Crippen LogP contribution < -0.4 is 0 Å². The summed E-state index contributed by atoms with van der Waals surface area (Å²) in [6.07, 6.45) is 4.09. The topological polar surface area (TPSA) is 34.9 Å². The fourth-order valence-corrected chi connectivity index (χ4v) is 2.90. The number of aldehydes is 1. The molecule has 1 heterocycles. The number of aromatic nitrogens is 2. The van der Waals surface area contributed by atoms with Crippen molar-refractivity contribution in [1.82, 2.24) is 9.55 Å². The number of carbonyl (C=O) groups is 1. The van der Waals surface area contributed by atoms with Crippen LogP contribution in [0, 0.1) is 0 Å². The van der Waals surface area contributed by atoms with Crippen LogP contribution in [0.3, 0.4) is 0 Å². The van der Waals surface area contributed by atoms with E-state index in [1.54, 1.807) is 6.08 Å². The SMILES string of the molecule is C=CCn1c(C=O)nc(Cc2ccccc2)c1Cc1ccccc1. The average molecular weight is 316 g/mol. The summed E-state index contributed by atoms with van der Waals surface area (Å²) in [7, 11) is 0. The summed E-state index contributed by atoms with van der Waals surface area (Å²) in [6.45, 7) is 4.39. The zero-order valence-corrected chi connectivity index (χ0v) is 13.6. The molecule has 0 bridgehead atoms. The fraction of sp³-hybridized carbons (Fsp3) is 0.143. The monoisotopic (exact) mass is 316 g/mol.